The molecule has 0 radical (unpaired) electrons. The van der Waals surface area contributed by atoms with Gasteiger partial charge in [0.1, 0.15) is 0 Å². The molecule has 0 amide bonds. The van der Waals surface area contributed by atoms with Crippen molar-refractivity contribution in [3.63, 3.8) is 0 Å². The van der Waals surface area contributed by atoms with Crippen LogP contribution in [0.5, 0.6) is 0 Å². The third-order valence-corrected chi connectivity index (χ3v) is 6.40. The van der Waals surface area contributed by atoms with Crippen molar-refractivity contribution in [1.29, 1.82) is 0 Å². The second kappa shape index (κ2) is 24.7. The van der Waals surface area contributed by atoms with Crippen LogP contribution in [-0.4, -0.2) is 54.4 Å². The molecule has 8 heteroatoms. The van der Waals surface area contributed by atoms with Gasteiger partial charge in [0.25, 0.3) is 0 Å². The van der Waals surface area contributed by atoms with Crippen molar-refractivity contribution in [2.24, 2.45) is 0 Å². The smallest absolute Gasteiger partial charge is 0.0886 e. The first-order valence-corrected chi connectivity index (χ1v) is 15.9. The SMILES string of the molecule is CCCN(CCC)CCC.[Ru].c1ccc(-c2ccccn2)nc1.c1ccc(-c2ccccn2)nc1.c1ccc(-c2ccccn2)nc1. The van der Waals surface area contributed by atoms with E-state index in [9.17, 15) is 0 Å². The Labute approximate surface area is 293 Å². The molecule has 47 heavy (non-hydrogen) atoms. The quantitative estimate of drug-likeness (QED) is 0.139. The van der Waals surface area contributed by atoms with Gasteiger partial charge in [0.15, 0.2) is 0 Å². The molecule has 0 saturated heterocycles. The molecule has 0 atom stereocenters. The second-order valence-electron chi connectivity index (χ2n) is 10.1. The molecule has 0 fully saturated rings. The summed E-state index contributed by atoms with van der Waals surface area (Å²) < 4.78 is 0. The van der Waals surface area contributed by atoms with Gasteiger partial charge in [-0.1, -0.05) is 57.2 Å². The van der Waals surface area contributed by atoms with Crippen LogP contribution in [0.1, 0.15) is 40.0 Å². The van der Waals surface area contributed by atoms with E-state index < -0.39 is 0 Å². The van der Waals surface area contributed by atoms with Gasteiger partial charge in [-0.05, 0) is 112 Å². The largest absolute Gasteiger partial charge is 0.303 e. The summed E-state index contributed by atoms with van der Waals surface area (Å²) in [5.74, 6) is 0. The zero-order valence-electron chi connectivity index (χ0n) is 27.6. The standard InChI is InChI=1S/3C10H8N2.C9H21N.Ru/c3*1-3-7-11-9(5-1)10-6-2-4-8-12-10;1-4-7-10(8-5-2)9-6-3;/h3*1-8H;4-9H2,1-3H3;. The fraction of sp³-hybridized carbons (Fsp3) is 0.231. The molecule has 6 heterocycles. The molecule has 0 spiro atoms. The Morgan fingerprint density at radius 1 is 0.340 bits per heavy atom. The van der Waals surface area contributed by atoms with Crippen molar-refractivity contribution < 1.29 is 19.5 Å². The zero-order chi connectivity index (χ0) is 32.5. The van der Waals surface area contributed by atoms with Crippen LogP contribution in [0.25, 0.3) is 34.2 Å². The average molecular weight is 713 g/mol. The van der Waals surface area contributed by atoms with Crippen LogP contribution in [0.2, 0.25) is 0 Å². The molecular weight excluding hydrogens is 668 g/mol. The van der Waals surface area contributed by atoms with E-state index in [1.807, 2.05) is 109 Å². The van der Waals surface area contributed by atoms with Crippen LogP contribution >= 0.6 is 0 Å². The topological polar surface area (TPSA) is 80.6 Å². The first-order valence-electron chi connectivity index (χ1n) is 15.9. The number of rotatable bonds is 9. The molecule has 0 aliphatic heterocycles. The molecule has 0 N–H and O–H groups in total. The van der Waals surface area contributed by atoms with Gasteiger partial charge in [-0.25, -0.2) is 0 Å². The van der Waals surface area contributed by atoms with Crippen molar-refractivity contribution in [2.75, 3.05) is 19.6 Å². The van der Waals surface area contributed by atoms with Gasteiger partial charge in [0.2, 0.25) is 0 Å². The van der Waals surface area contributed by atoms with E-state index in [2.05, 4.69) is 55.6 Å². The van der Waals surface area contributed by atoms with Gasteiger partial charge in [-0.3, -0.25) is 29.9 Å². The number of aromatic nitrogens is 6. The molecule has 6 rings (SSSR count). The molecule has 0 aromatic carbocycles. The van der Waals surface area contributed by atoms with Gasteiger partial charge in [0.05, 0.1) is 34.2 Å². The van der Waals surface area contributed by atoms with E-state index in [-0.39, 0.29) is 19.5 Å². The Balaban J connectivity index is 0.000000217. The third kappa shape index (κ3) is 15.6. The van der Waals surface area contributed by atoms with Crippen LogP contribution in [0.3, 0.4) is 0 Å². The monoisotopic (exact) mass is 713 g/mol. The summed E-state index contributed by atoms with van der Waals surface area (Å²) in [6.07, 6.45) is 14.5. The maximum absolute atomic E-state index is 4.19. The number of pyridine rings is 6. The van der Waals surface area contributed by atoms with E-state index in [1.54, 1.807) is 37.2 Å². The van der Waals surface area contributed by atoms with Crippen molar-refractivity contribution in [2.45, 2.75) is 40.0 Å². The second-order valence-corrected chi connectivity index (χ2v) is 10.1. The average Bonchev–Trinajstić information content (AvgIpc) is 3.15. The van der Waals surface area contributed by atoms with Gasteiger partial charge in [-0.15, -0.1) is 0 Å². The predicted octanol–water partition coefficient (Wildman–Crippen LogP) is 8.95. The molecule has 6 aromatic heterocycles. The van der Waals surface area contributed by atoms with Gasteiger partial charge in [-0.2, -0.15) is 0 Å². The minimum atomic E-state index is 0. The molecule has 0 unspecified atom stereocenters. The summed E-state index contributed by atoms with van der Waals surface area (Å²) in [4.78, 5) is 27.7. The molecule has 0 bridgehead atoms. The van der Waals surface area contributed by atoms with Gasteiger partial charge >= 0.3 is 0 Å². The van der Waals surface area contributed by atoms with E-state index >= 15 is 0 Å². The van der Waals surface area contributed by atoms with Crippen LogP contribution < -0.4 is 0 Å². The first kappa shape index (κ1) is 38.7. The summed E-state index contributed by atoms with van der Waals surface area (Å²) in [5.41, 5.74) is 5.49. The van der Waals surface area contributed by atoms with Crippen molar-refractivity contribution in [3.05, 3.63) is 146 Å². The fourth-order valence-electron chi connectivity index (χ4n) is 4.37. The zero-order valence-corrected chi connectivity index (χ0v) is 29.3. The van der Waals surface area contributed by atoms with Crippen LogP contribution in [0.15, 0.2) is 146 Å². The van der Waals surface area contributed by atoms with Gasteiger partial charge < -0.3 is 4.90 Å². The van der Waals surface area contributed by atoms with Gasteiger partial charge in [0, 0.05) is 56.7 Å². The van der Waals surface area contributed by atoms with Crippen LogP contribution in [0.4, 0.5) is 0 Å². The maximum Gasteiger partial charge on any atom is 0.0886 e. The van der Waals surface area contributed by atoms with E-state index in [0.29, 0.717) is 0 Å². The molecule has 6 aromatic rings. The predicted molar refractivity (Wildman–Crippen MR) is 190 cm³/mol. The van der Waals surface area contributed by atoms with Crippen molar-refractivity contribution in [3.8, 4) is 34.2 Å². The molecular formula is C39H45N7Ru. The normalized spacial score (nSPS) is 9.70. The van der Waals surface area contributed by atoms with Crippen LogP contribution in [-0.2, 0) is 19.5 Å². The first-order chi connectivity index (χ1) is 22.7. The molecule has 0 aliphatic carbocycles. The summed E-state index contributed by atoms with van der Waals surface area (Å²) in [7, 11) is 0. The fourth-order valence-corrected chi connectivity index (χ4v) is 4.37. The van der Waals surface area contributed by atoms with E-state index in [4.69, 9.17) is 0 Å². The molecule has 244 valence electrons. The number of nitrogens with zero attached hydrogens (tertiary/aromatic N) is 7. The Bertz CT molecular complexity index is 1240. The van der Waals surface area contributed by atoms with Crippen molar-refractivity contribution >= 4 is 0 Å². The molecule has 7 nitrogen and oxygen atoms in total. The minimum Gasteiger partial charge on any atom is -0.303 e. The van der Waals surface area contributed by atoms with E-state index in [1.165, 1.54) is 38.9 Å². The Hall–Kier alpha value is -4.52. The van der Waals surface area contributed by atoms with E-state index in [0.717, 1.165) is 34.2 Å². The van der Waals surface area contributed by atoms with Crippen molar-refractivity contribution in [1.82, 2.24) is 34.8 Å². The maximum atomic E-state index is 4.19. The summed E-state index contributed by atoms with van der Waals surface area (Å²) in [5, 5.41) is 0. The summed E-state index contributed by atoms with van der Waals surface area (Å²) in [6, 6.07) is 34.8. The minimum absolute atomic E-state index is 0. The number of hydrogen-bond donors (Lipinski definition) is 0. The summed E-state index contributed by atoms with van der Waals surface area (Å²) in [6.45, 7) is 10.6. The third-order valence-electron chi connectivity index (χ3n) is 6.40. The Kier molecular flexibility index (Phi) is 20.3. The number of hydrogen-bond acceptors (Lipinski definition) is 7. The summed E-state index contributed by atoms with van der Waals surface area (Å²) >= 11 is 0. The Morgan fingerprint density at radius 2 is 0.532 bits per heavy atom. The molecule has 0 saturated carbocycles. The molecule has 0 aliphatic rings. The Morgan fingerprint density at radius 3 is 0.660 bits per heavy atom. The van der Waals surface area contributed by atoms with Crippen LogP contribution in [0, 0.1) is 0 Å².